The zero-order chi connectivity index (χ0) is 18.8. The van der Waals surface area contributed by atoms with Crippen LogP contribution in [-0.2, 0) is 11.2 Å². The van der Waals surface area contributed by atoms with Gasteiger partial charge in [-0.15, -0.1) is 11.3 Å². The van der Waals surface area contributed by atoms with Crippen LogP contribution in [0.3, 0.4) is 0 Å². The van der Waals surface area contributed by atoms with Crippen LogP contribution in [0, 0.1) is 0 Å². The van der Waals surface area contributed by atoms with Gasteiger partial charge in [-0.25, -0.2) is 4.98 Å². The lowest BCUT2D eigenvalue weighted by Crippen LogP contribution is -2.39. The highest BCUT2D eigenvalue weighted by molar-refractivity contribution is 7.18. The van der Waals surface area contributed by atoms with E-state index in [1.165, 1.54) is 15.8 Å². The molecule has 4 nitrogen and oxygen atoms in total. The predicted molar refractivity (Wildman–Crippen MR) is 111 cm³/mol. The Morgan fingerprint density at radius 2 is 2.04 bits per heavy atom. The van der Waals surface area contributed by atoms with Crippen LogP contribution in [0.25, 0.3) is 10.2 Å². The number of carbonyl (C=O) groups excluding carboxylic acids is 1. The molecule has 5 heteroatoms. The van der Waals surface area contributed by atoms with Crippen molar-refractivity contribution in [1.29, 1.82) is 0 Å². The number of hydrogen-bond donors (Lipinski definition) is 1. The number of thiazole rings is 1. The van der Waals surface area contributed by atoms with E-state index < -0.39 is 0 Å². The first-order valence-electron chi connectivity index (χ1n) is 9.54. The number of aromatic nitrogens is 1. The molecule has 0 radical (unpaired) electrons. The monoisotopic (exact) mass is 379 g/mol. The van der Waals surface area contributed by atoms with E-state index >= 15 is 0 Å². The van der Waals surface area contributed by atoms with Gasteiger partial charge in [0, 0.05) is 0 Å². The van der Waals surface area contributed by atoms with E-state index in [0.29, 0.717) is 6.54 Å². The zero-order valence-corrected chi connectivity index (χ0v) is 16.6. The molecule has 1 aliphatic rings. The molecule has 2 atom stereocenters. The summed E-state index contributed by atoms with van der Waals surface area (Å²) in [5.41, 5.74) is 3.67. The Bertz CT molecular complexity index is 918. The lowest BCUT2D eigenvalue weighted by atomic mass is 9.88. The van der Waals surface area contributed by atoms with Crippen molar-refractivity contribution in [3.63, 3.8) is 0 Å². The largest absolute Gasteiger partial charge is 0.348 e. The lowest BCUT2D eigenvalue weighted by molar-refractivity contribution is -0.123. The summed E-state index contributed by atoms with van der Waals surface area (Å²) in [5.74, 6) is 0.0761. The number of nitrogens with one attached hydrogen (secondary N) is 1. The first-order chi connectivity index (χ1) is 13.1. The molecule has 0 bridgehead atoms. The van der Waals surface area contributed by atoms with Crippen LogP contribution in [-0.4, -0.2) is 29.4 Å². The topological polar surface area (TPSA) is 45.2 Å². The van der Waals surface area contributed by atoms with Gasteiger partial charge < -0.3 is 5.32 Å². The summed E-state index contributed by atoms with van der Waals surface area (Å²) in [5, 5.41) is 4.29. The van der Waals surface area contributed by atoms with Crippen molar-refractivity contribution in [2.45, 2.75) is 38.3 Å². The third-order valence-electron chi connectivity index (χ3n) is 5.43. The van der Waals surface area contributed by atoms with Crippen molar-refractivity contribution in [3.8, 4) is 0 Å². The number of fused-ring (bicyclic) bond motifs is 2. The van der Waals surface area contributed by atoms with Crippen LogP contribution in [0.1, 0.15) is 48.0 Å². The number of nitrogens with zero attached hydrogens (tertiary/aromatic N) is 2. The number of carbonyl (C=O) groups is 1. The SMILES string of the molecule is C[C@H](c1nc2ccccc2s1)N(C)CC(=O)N[C@@H]1CCCc2ccccc21. The Morgan fingerprint density at radius 3 is 2.89 bits per heavy atom. The second-order valence-electron chi connectivity index (χ2n) is 7.32. The number of para-hydroxylation sites is 1. The molecule has 0 fully saturated rings. The molecule has 1 amide bonds. The normalized spacial score (nSPS) is 17.7. The molecule has 1 N–H and O–H groups in total. The Hall–Kier alpha value is -2.24. The van der Waals surface area contributed by atoms with E-state index in [4.69, 9.17) is 4.98 Å². The minimum atomic E-state index is 0.0761. The number of likely N-dealkylation sites (N-methyl/N-ethyl adjacent to an activating group) is 1. The van der Waals surface area contributed by atoms with Crippen LogP contribution >= 0.6 is 11.3 Å². The first kappa shape index (κ1) is 18.1. The van der Waals surface area contributed by atoms with Crippen molar-refractivity contribution >= 4 is 27.5 Å². The zero-order valence-electron chi connectivity index (χ0n) is 15.8. The van der Waals surface area contributed by atoms with E-state index in [9.17, 15) is 4.79 Å². The summed E-state index contributed by atoms with van der Waals surface area (Å²) >= 11 is 1.70. The first-order valence-corrected chi connectivity index (χ1v) is 10.4. The molecule has 4 rings (SSSR count). The number of rotatable bonds is 5. The smallest absolute Gasteiger partial charge is 0.234 e. The van der Waals surface area contributed by atoms with Gasteiger partial charge in [0.2, 0.25) is 5.91 Å². The summed E-state index contributed by atoms with van der Waals surface area (Å²) < 4.78 is 1.19. The van der Waals surface area contributed by atoms with Gasteiger partial charge in [0.1, 0.15) is 5.01 Å². The van der Waals surface area contributed by atoms with Crippen LogP contribution in [0.15, 0.2) is 48.5 Å². The van der Waals surface area contributed by atoms with Gasteiger partial charge in [-0.1, -0.05) is 36.4 Å². The van der Waals surface area contributed by atoms with Gasteiger partial charge in [-0.3, -0.25) is 9.69 Å². The third kappa shape index (κ3) is 3.89. The van der Waals surface area contributed by atoms with E-state index in [0.717, 1.165) is 29.8 Å². The maximum Gasteiger partial charge on any atom is 0.234 e. The molecule has 0 aliphatic heterocycles. The van der Waals surface area contributed by atoms with Gasteiger partial charge in [0.15, 0.2) is 0 Å². The highest BCUT2D eigenvalue weighted by atomic mass is 32.1. The average molecular weight is 380 g/mol. The fourth-order valence-electron chi connectivity index (χ4n) is 3.76. The summed E-state index contributed by atoms with van der Waals surface area (Å²) in [4.78, 5) is 19.5. The predicted octanol–water partition coefficient (Wildman–Crippen LogP) is 4.48. The second-order valence-corrected chi connectivity index (χ2v) is 8.38. The molecule has 0 saturated carbocycles. The molecule has 0 saturated heterocycles. The fraction of sp³-hybridized carbons (Fsp3) is 0.364. The molecule has 0 unspecified atom stereocenters. The standard InChI is InChI=1S/C22H25N3OS/c1-15(22-24-19-11-5-6-13-20(19)27-22)25(2)14-21(26)23-18-12-7-9-16-8-3-4-10-17(16)18/h3-6,8,10-11,13,15,18H,7,9,12,14H2,1-2H3,(H,23,26)/t15-,18-/m1/s1. The Balaban J connectivity index is 1.40. The highest BCUT2D eigenvalue weighted by Crippen LogP contribution is 2.30. The number of benzene rings is 2. The summed E-state index contributed by atoms with van der Waals surface area (Å²) in [7, 11) is 1.99. The highest BCUT2D eigenvalue weighted by Gasteiger charge is 2.23. The molecule has 0 spiro atoms. The maximum atomic E-state index is 12.7. The summed E-state index contributed by atoms with van der Waals surface area (Å²) in [6.45, 7) is 2.48. The van der Waals surface area contributed by atoms with Crippen molar-refractivity contribution in [1.82, 2.24) is 15.2 Å². The lowest BCUT2D eigenvalue weighted by Gasteiger charge is -2.28. The quantitative estimate of drug-likeness (QED) is 0.711. The van der Waals surface area contributed by atoms with Gasteiger partial charge >= 0.3 is 0 Å². The molecule has 1 heterocycles. The molecular formula is C22H25N3OS. The van der Waals surface area contributed by atoms with Crippen molar-refractivity contribution in [2.75, 3.05) is 13.6 Å². The summed E-state index contributed by atoms with van der Waals surface area (Å²) in [6, 6.07) is 16.9. The van der Waals surface area contributed by atoms with Gasteiger partial charge in [-0.05, 0) is 56.5 Å². The number of aryl methyl sites for hydroxylation is 1. The Kier molecular flexibility index (Phi) is 5.23. The van der Waals surface area contributed by atoms with Gasteiger partial charge in [0.05, 0.1) is 28.8 Å². The van der Waals surface area contributed by atoms with Crippen LogP contribution in [0.4, 0.5) is 0 Å². The molecular weight excluding hydrogens is 354 g/mol. The molecule has 2 aromatic carbocycles. The van der Waals surface area contributed by atoms with E-state index in [2.05, 4.69) is 47.5 Å². The van der Waals surface area contributed by atoms with Crippen molar-refractivity contribution in [3.05, 3.63) is 64.7 Å². The molecule has 140 valence electrons. The number of amides is 1. The minimum absolute atomic E-state index is 0.0761. The van der Waals surface area contributed by atoms with Crippen molar-refractivity contribution in [2.24, 2.45) is 0 Å². The molecule has 1 aromatic heterocycles. The third-order valence-corrected chi connectivity index (χ3v) is 6.63. The minimum Gasteiger partial charge on any atom is -0.348 e. The average Bonchev–Trinajstić information content (AvgIpc) is 3.11. The van der Waals surface area contributed by atoms with Crippen LogP contribution in [0.2, 0.25) is 0 Å². The molecule has 3 aromatic rings. The van der Waals surface area contributed by atoms with Gasteiger partial charge in [0.25, 0.3) is 0 Å². The van der Waals surface area contributed by atoms with Crippen molar-refractivity contribution < 1.29 is 4.79 Å². The van der Waals surface area contributed by atoms with Crippen LogP contribution < -0.4 is 5.32 Å². The molecule has 27 heavy (non-hydrogen) atoms. The maximum absolute atomic E-state index is 12.7. The van der Waals surface area contributed by atoms with E-state index in [-0.39, 0.29) is 18.0 Å². The Labute approximate surface area is 164 Å². The Morgan fingerprint density at radius 1 is 1.26 bits per heavy atom. The van der Waals surface area contributed by atoms with E-state index in [1.54, 1.807) is 11.3 Å². The summed E-state index contributed by atoms with van der Waals surface area (Å²) in [6.07, 6.45) is 3.25. The van der Waals surface area contributed by atoms with E-state index in [1.807, 2.05) is 25.2 Å². The molecule has 1 aliphatic carbocycles. The number of hydrogen-bond acceptors (Lipinski definition) is 4. The van der Waals surface area contributed by atoms with Gasteiger partial charge in [-0.2, -0.15) is 0 Å². The van der Waals surface area contributed by atoms with Crippen LogP contribution in [0.5, 0.6) is 0 Å². The second kappa shape index (κ2) is 7.79. The fourth-order valence-corrected chi connectivity index (χ4v) is 4.85.